The van der Waals surface area contributed by atoms with Crippen LogP contribution in [0.3, 0.4) is 0 Å². The number of amides is 3. The predicted molar refractivity (Wildman–Crippen MR) is 149 cm³/mol. The Hall–Kier alpha value is -3.88. The highest BCUT2D eigenvalue weighted by Crippen LogP contribution is 2.59. The summed E-state index contributed by atoms with van der Waals surface area (Å²) in [6, 6.07) is 22.1. The second-order valence-electron chi connectivity index (χ2n) is 10.1. The fourth-order valence-electron chi connectivity index (χ4n) is 6.02. The van der Waals surface area contributed by atoms with E-state index in [9.17, 15) is 19.2 Å². The highest BCUT2D eigenvalue weighted by atomic mass is 35.5. The Balaban J connectivity index is 1.06. The van der Waals surface area contributed by atoms with Crippen LogP contribution in [0.25, 0.3) is 0 Å². The maximum Gasteiger partial charge on any atom is 0.338 e. The monoisotopic (exact) mass is 578 g/mol. The minimum atomic E-state index is -0.760. The number of hydrogen-bond donors (Lipinski definition) is 1. The molecule has 1 saturated heterocycles. The third-order valence-electron chi connectivity index (χ3n) is 7.78. The van der Waals surface area contributed by atoms with Crippen molar-refractivity contribution in [3.8, 4) is 11.5 Å². The van der Waals surface area contributed by atoms with E-state index < -0.39 is 30.3 Å². The summed E-state index contributed by atoms with van der Waals surface area (Å²) in [5.41, 5.74) is 0.893. The molecule has 3 fully saturated rings. The van der Waals surface area contributed by atoms with Gasteiger partial charge in [0.15, 0.2) is 6.61 Å². The first-order chi connectivity index (χ1) is 19.3. The van der Waals surface area contributed by atoms with E-state index in [1.807, 2.05) is 30.3 Å². The molecule has 6 atom stereocenters. The fraction of sp³-hybridized carbons (Fsp3) is 0.267. The number of alkyl halides is 2. The van der Waals surface area contributed by atoms with E-state index in [4.69, 9.17) is 32.7 Å². The van der Waals surface area contributed by atoms with Crippen molar-refractivity contribution in [3.63, 3.8) is 0 Å². The number of benzene rings is 3. The lowest BCUT2D eigenvalue weighted by atomic mass is 9.80. The van der Waals surface area contributed by atoms with E-state index in [1.54, 1.807) is 36.4 Å². The van der Waals surface area contributed by atoms with E-state index in [0.29, 0.717) is 23.6 Å². The summed E-state index contributed by atoms with van der Waals surface area (Å²) in [6.07, 6.45) is 0.670. The summed E-state index contributed by atoms with van der Waals surface area (Å²) >= 11 is 12.9. The predicted octanol–water partition coefficient (Wildman–Crippen LogP) is 5.24. The van der Waals surface area contributed by atoms with Gasteiger partial charge in [0, 0.05) is 5.69 Å². The average Bonchev–Trinajstić information content (AvgIpc) is 3.58. The number of fused-ring (bicyclic) bond motifs is 5. The molecule has 204 valence electrons. The van der Waals surface area contributed by atoms with E-state index in [2.05, 4.69) is 5.32 Å². The topological polar surface area (TPSA) is 102 Å². The van der Waals surface area contributed by atoms with Crippen LogP contribution in [0.15, 0.2) is 78.9 Å². The lowest BCUT2D eigenvalue weighted by Gasteiger charge is -2.28. The smallest absolute Gasteiger partial charge is 0.338 e. The molecule has 3 aromatic carbocycles. The van der Waals surface area contributed by atoms with Crippen molar-refractivity contribution in [1.29, 1.82) is 0 Å². The second kappa shape index (κ2) is 10.6. The lowest BCUT2D eigenvalue weighted by Crippen LogP contribution is -2.37. The number of carbonyl (C=O) groups is 4. The fourth-order valence-corrected chi connectivity index (χ4v) is 6.91. The zero-order valence-electron chi connectivity index (χ0n) is 21.0. The van der Waals surface area contributed by atoms with Gasteiger partial charge in [-0.25, -0.2) is 4.79 Å². The van der Waals surface area contributed by atoms with Crippen molar-refractivity contribution >= 4 is 58.3 Å². The number of ether oxygens (including phenoxy) is 2. The Morgan fingerprint density at radius 1 is 0.825 bits per heavy atom. The van der Waals surface area contributed by atoms with Crippen LogP contribution in [0.1, 0.15) is 16.8 Å². The largest absolute Gasteiger partial charge is 0.457 e. The van der Waals surface area contributed by atoms with Gasteiger partial charge in [0.05, 0.1) is 33.8 Å². The van der Waals surface area contributed by atoms with Gasteiger partial charge < -0.3 is 14.8 Å². The first kappa shape index (κ1) is 26.3. The summed E-state index contributed by atoms with van der Waals surface area (Å²) in [6.45, 7) is -0.519. The summed E-state index contributed by atoms with van der Waals surface area (Å²) in [5.74, 6) is -1.89. The van der Waals surface area contributed by atoms with Gasteiger partial charge in [0.2, 0.25) is 11.8 Å². The highest BCUT2D eigenvalue weighted by molar-refractivity contribution is 6.32. The highest BCUT2D eigenvalue weighted by Gasteiger charge is 2.66. The molecular weight excluding hydrogens is 555 g/mol. The molecule has 8 nitrogen and oxygen atoms in total. The van der Waals surface area contributed by atoms with Gasteiger partial charge in [-0.1, -0.05) is 24.3 Å². The van der Waals surface area contributed by atoms with Gasteiger partial charge >= 0.3 is 5.97 Å². The summed E-state index contributed by atoms with van der Waals surface area (Å²) < 4.78 is 10.9. The third kappa shape index (κ3) is 4.71. The van der Waals surface area contributed by atoms with Gasteiger partial charge in [-0.05, 0) is 72.9 Å². The summed E-state index contributed by atoms with van der Waals surface area (Å²) in [7, 11) is 0. The molecule has 0 radical (unpaired) electrons. The molecule has 0 unspecified atom stereocenters. The molecule has 3 aliphatic rings. The molecule has 0 aromatic heterocycles. The zero-order chi connectivity index (χ0) is 28.0. The minimum absolute atomic E-state index is 0.110. The Bertz CT molecular complexity index is 1450. The van der Waals surface area contributed by atoms with Crippen LogP contribution in [-0.2, 0) is 19.1 Å². The molecule has 10 heteroatoms. The molecule has 3 amide bonds. The number of nitrogens with zero attached hydrogens (tertiary/aromatic N) is 1. The van der Waals surface area contributed by atoms with Crippen molar-refractivity contribution in [2.75, 3.05) is 16.8 Å². The molecular formula is C30H24Cl2N2O6. The maximum atomic E-state index is 13.2. The van der Waals surface area contributed by atoms with Gasteiger partial charge in [0.25, 0.3) is 5.91 Å². The number of rotatable bonds is 7. The van der Waals surface area contributed by atoms with E-state index in [0.717, 1.165) is 4.90 Å². The molecule has 2 aliphatic carbocycles. The number of imide groups is 1. The Labute approximate surface area is 240 Å². The van der Waals surface area contributed by atoms with Crippen LogP contribution in [0.2, 0.25) is 0 Å². The standard InChI is InChI=1S/C30H24Cl2N2O6/c31-26-21-14-22(27(26)32)25-24(21)28(36)34(29(25)37)18-6-4-5-16(13-18)30(38)39-15-23(35)33-17-9-11-20(12-10-17)40-19-7-2-1-3-8-19/h1-13,21-22,24-27H,14-15H2,(H,33,35)/t21-,22-,24-,25-,26-,27+/m1/s1. The van der Waals surface area contributed by atoms with Crippen molar-refractivity contribution in [1.82, 2.24) is 0 Å². The van der Waals surface area contributed by atoms with E-state index in [1.165, 1.54) is 12.1 Å². The van der Waals surface area contributed by atoms with Crippen LogP contribution in [0, 0.1) is 23.7 Å². The molecule has 2 saturated carbocycles. The Kier molecular flexibility index (Phi) is 6.98. The quantitative estimate of drug-likeness (QED) is 0.233. The van der Waals surface area contributed by atoms with Gasteiger partial charge in [-0.15, -0.1) is 23.2 Å². The SMILES string of the molecule is O=C(COC(=O)c1cccc(N2C(=O)[C@@H]3[C@H]4C[C@@H]([C@@H](Cl)[C@H]4Cl)[C@H]3C2=O)c1)Nc1ccc(Oc2ccccc2)cc1. The second-order valence-corrected chi connectivity index (χ2v) is 11.1. The van der Waals surface area contributed by atoms with E-state index in [-0.39, 0.29) is 45.7 Å². The molecule has 1 aliphatic heterocycles. The number of hydrogen-bond acceptors (Lipinski definition) is 6. The Morgan fingerprint density at radius 2 is 1.45 bits per heavy atom. The van der Waals surface area contributed by atoms with Crippen LogP contribution in [0.4, 0.5) is 11.4 Å². The number of carbonyl (C=O) groups excluding carboxylic acids is 4. The van der Waals surface area contributed by atoms with Gasteiger partial charge in [0.1, 0.15) is 11.5 Å². The first-order valence-electron chi connectivity index (χ1n) is 12.9. The van der Waals surface area contributed by atoms with Crippen molar-refractivity contribution in [2.24, 2.45) is 23.7 Å². The maximum absolute atomic E-state index is 13.2. The normalized spacial score (nSPS) is 26.5. The van der Waals surface area contributed by atoms with Crippen LogP contribution < -0.4 is 15.0 Å². The molecule has 6 rings (SSSR count). The average molecular weight is 579 g/mol. The molecule has 0 spiro atoms. The number of esters is 1. The molecule has 40 heavy (non-hydrogen) atoms. The molecule has 2 bridgehead atoms. The van der Waals surface area contributed by atoms with Crippen LogP contribution in [-0.4, -0.2) is 41.1 Å². The number of anilines is 2. The molecule has 1 N–H and O–H groups in total. The number of nitrogens with one attached hydrogen (secondary N) is 1. The zero-order valence-corrected chi connectivity index (χ0v) is 22.5. The number of para-hydroxylation sites is 1. The van der Waals surface area contributed by atoms with Crippen LogP contribution in [0.5, 0.6) is 11.5 Å². The van der Waals surface area contributed by atoms with Crippen LogP contribution >= 0.6 is 23.2 Å². The first-order valence-corrected chi connectivity index (χ1v) is 13.7. The van der Waals surface area contributed by atoms with Gasteiger partial charge in [-0.2, -0.15) is 0 Å². The lowest BCUT2D eigenvalue weighted by molar-refractivity contribution is -0.123. The number of halogens is 2. The minimum Gasteiger partial charge on any atom is -0.457 e. The Morgan fingerprint density at radius 3 is 2.10 bits per heavy atom. The molecule has 1 heterocycles. The summed E-state index contributed by atoms with van der Waals surface area (Å²) in [4.78, 5) is 52.7. The summed E-state index contributed by atoms with van der Waals surface area (Å²) in [5, 5.41) is 1.96. The van der Waals surface area contributed by atoms with Crippen molar-refractivity contribution < 1.29 is 28.7 Å². The van der Waals surface area contributed by atoms with Gasteiger partial charge in [-0.3, -0.25) is 19.3 Å². The van der Waals surface area contributed by atoms with E-state index >= 15 is 0 Å². The third-order valence-corrected chi connectivity index (χ3v) is 9.10. The van der Waals surface area contributed by atoms with Crippen molar-refractivity contribution in [2.45, 2.75) is 17.2 Å². The van der Waals surface area contributed by atoms with Crippen molar-refractivity contribution in [3.05, 3.63) is 84.4 Å². The molecule has 3 aromatic rings.